The van der Waals surface area contributed by atoms with Crippen molar-refractivity contribution in [1.82, 2.24) is 0 Å². The summed E-state index contributed by atoms with van der Waals surface area (Å²) in [6, 6.07) is 0. The zero-order valence-electron chi connectivity index (χ0n) is 24.1. The first-order chi connectivity index (χ1) is 17.3. The molecule has 0 rings (SSSR count). The van der Waals surface area contributed by atoms with Gasteiger partial charge in [0.25, 0.3) is 0 Å². The molecule has 0 N–H and O–H groups in total. The third-order valence-electron chi connectivity index (χ3n) is 6.49. The summed E-state index contributed by atoms with van der Waals surface area (Å²) in [6.07, 6.45) is 3.67. The summed E-state index contributed by atoms with van der Waals surface area (Å²) >= 11 is 0. The summed E-state index contributed by atoms with van der Waals surface area (Å²) in [7, 11) is 1.21. The first-order valence-corrected chi connectivity index (χ1v) is 13.4. The molecule has 0 amide bonds. The van der Waals surface area contributed by atoms with E-state index in [4.69, 9.17) is 18.9 Å². The van der Waals surface area contributed by atoms with Crippen LogP contribution in [0.2, 0.25) is 0 Å². The van der Waals surface area contributed by atoms with Crippen molar-refractivity contribution in [1.29, 1.82) is 0 Å². The van der Waals surface area contributed by atoms with Gasteiger partial charge in [-0.3, -0.25) is 24.0 Å². The van der Waals surface area contributed by atoms with Crippen molar-refractivity contribution in [3.05, 3.63) is 0 Å². The molecule has 2 unspecified atom stereocenters. The molecule has 0 aliphatic rings. The zero-order chi connectivity index (χ0) is 28.6. The minimum atomic E-state index is -1.10. The van der Waals surface area contributed by atoms with E-state index >= 15 is 0 Å². The van der Waals surface area contributed by atoms with Crippen LogP contribution in [0.4, 0.5) is 0 Å². The number of carbonyl (C=O) groups is 5. The predicted molar refractivity (Wildman–Crippen MR) is 138 cm³/mol. The molecular formula is C28H48O9. The summed E-state index contributed by atoms with van der Waals surface area (Å²) in [5.41, 5.74) is -1.35. The number of ketones is 1. The number of ether oxygens (including phenoxy) is 4. The molecule has 2 atom stereocenters. The van der Waals surface area contributed by atoms with Crippen LogP contribution < -0.4 is 0 Å². The number of carbonyl (C=O) groups excluding carboxylic acids is 5. The normalized spacial score (nSPS) is 13.3. The highest BCUT2D eigenvalue weighted by molar-refractivity contribution is 6.08. The maximum absolute atomic E-state index is 13.4. The van der Waals surface area contributed by atoms with Crippen LogP contribution in [0.25, 0.3) is 0 Å². The summed E-state index contributed by atoms with van der Waals surface area (Å²) in [4.78, 5) is 62.8. The SMILES string of the molecule is CCOC(=O)C(CCCCC(C)(C)C(=O)OCC)C(=O)C(CCCCC(C)(C)C(=O)OCC)C(=O)OC. The van der Waals surface area contributed by atoms with Gasteiger partial charge < -0.3 is 18.9 Å². The Morgan fingerprint density at radius 2 is 0.973 bits per heavy atom. The Hall–Kier alpha value is -2.45. The molecule has 0 aromatic carbocycles. The minimum Gasteiger partial charge on any atom is -0.468 e. The number of methoxy groups -OCH3 is 1. The van der Waals surface area contributed by atoms with E-state index in [0.717, 1.165) is 0 Å². The van der Waals surface area contributed by atoms with Gasteiger partial charge in [0.05, 0.1) is 37.8 Å². The van der Waals surface area contributed by atoms with Gasteiger partial charge in [0.1, 0.15) is 11.8 Å². The van der Waals surface area contributed by atoms with Crippen LogP contribution in [0.5, 0.6) is 0 Å². The highest BCUT2D eigenvalue weighted by atomic mass is 16.5. The summed E-state index contributed by atoms with van der Waals surface area (Å²) in [5.74, 6) is -4.62. The first kappa shape index (κ1) is 34.6. The van der Waals surface area contributed by atoms with Crippen molar-refractivity contribution in [3.63, 3.8) is 0 Å². The van der Waals surface area contributed by atoms with Crippen molar-refractivity contribution < 1.29 is 42.9 Å². The average molecular weight is 529 g/mol. The second-order valence-electron chi connectivity index (χ2n) is 10.5. The monoisotopic (exact) mass is 528 g/mol. The van der Waals surface area contributed by atoms with Gasteiger partial charge in [-0.25, -0.2) is 0 Å². The van der Waals surface area contributed by atoms with E-state index in [0.29, 0.717) is 51.7 Å². The lowest BCUT2D eigenvalue weighted by Gasteiger charge is -2.24. The lowest BCUT2D eigenvalue weighted by molar-refractivity contribution is -0.158. The molecule has 0 saturated heterocycles. The number of hydrogen-bond donors (Lipinski definition) is 0. The fourth-order valence-electron chi connectivity index (χ4n) is 4.07. The Morgan fingerprint density at radius 3 is 1.32 bits per heavy atom. The standard InChI is InChI=1S/C28H48O9/c1-9-35-24(31)21(17-13-15-19-28(6,7)26(33)37-11-3)22(29)20(23(30)34-8)16-12-14-18-27(4,5)25(32)36-10-2/h20-21H,9-19H2,1-8H3. The van der Waals surface area contributed by atoms with Crippen LogP contribution in [0.3, 0.4) is 0 Å². The Morgan fingerprint density at radius 1 is 0.595 bits per heavy atom. The van der Waals surface area contributed by atoms with E-state index in [1.807, 2.05) is 0 Å². The predicted octanol–water partition coefficient (Wildman–Crippen LogP) is 4.82. The Labute approximate surface area is 222 Å². The van der Waals surface area contributed by atoms with Crippen molar-refractivity contribution in [2.24, 2.45) is 22.7 Å². The topological polar surface area (TPSA) is 122 Å². The molecule has 0 heterocycles. The highest BCUT2D eigenvalue weighted by Crippen LogP contribution is 2.29. The van der Waals surface area contributed by atoms with Crippen molar-refractivity contribution in [2.75, 3.05) is 26.9 Å². The molecule has 0 aliphatic heterocycles. The van der Waals surface area contributed by atoms with E-state index in [1.54, 1.807) is 48.5 Å². The lowest BCUT2D eigenvalue weighted by atomic mass is 9.82. The van der Waals surface area contributed by atoms with Gasteiger partial charge in [0.15, 0.2) is 5.78 Å². The van der Waals surface area contributed by atoms with Gasteiger partial charge in [0.2, 0.25) is 0 Å². The van der Waals surface area contributed by atoms with E-state index in [1.165, 1.54) is 7.11 Å². The second kappa shape index (κ2) is 17.1. The zero-order valence-corrected chi connectivity index (χ0v) is 24.1. The van der Waals surface area contributed by atoms with E-state index in [2.05, 4.69) is 0 Å². The van der Waals surface area contributed by atoms with E-state index in [9.17, 15) is 24.0 Å². The van der Waals surface area contributed by atoms with Gasteiger partial charge in [-0.15, -0.1) is 0 Å². The Balaban J connectivity index is 5.27. The van der Waals surface area contributed by atoms with Gasteiger partial charge >= 0.3 is 23.9 Å². The maximum Gasteiger partial charge on any atom is 0.316 e. The van der Waals surface area contributed by atoms with Crippen LogP contribution in [0.15, 0.2) is 0 Å². The number of unbranched alkanes of at least 4 members (excludes halogenated alkanes) is 2. The van der Waals surface area contributed by atoms with Crippen LogP contribution in [-0.2, 0) is 42.9 Å². The van der Waals surface area contributed by atoms with Gasteiger partial charge in [0, 0.05) is 0 Å². The second-order valence-corrected chi connectivity index (χ2v) is 10.5. The minimum absolute atomic E-state index is 0.115. The molecule has 9 heteroatoms. The van der Waals surface area contributed by atoms with Crippen molar-refractivity contribution >= 4 is 29.7 Å². The third-order valence-corrected chi connectivity index (χ3v) is 6.49. The van der Waals surface area contributed by atoms with Crippen LogP contribution in [-0.4, -0.2) is 56.6 Å². The molecule has 0 aliphatic carbocycles. The fourth-order valence-corrected chi connectivity index (χ4v) is 4.07. The third kappa shape index (κ3) is 12.1. The molecule has 37 heavy (non-hydrogen) atoms. The molecular weight excluding hydrogens is 480 g/mol. The molecule has 9 nitrogen and oxygen atoms in total. The van der Waals surface area contributed by atoms with E-state index < -0.39 is 40.4 Å². The Bertz CT molecular complexity index is 755. The van der Waals surface area contributed by atoms with Gasteiger partial charge in [-0.1, -0.05) is 25.7 Å². The van der Waals surface area contributed by atoms with Crippen molar-refractivity contribution in [2.45, 2.75) is 99.8 Å². The Kier molecular flexibility index (Phi) is 16.0. The number of esters is 4. The van der Waals surface area contributed by atoms with E-state index in [-0.39, 0.29) is 31.4 Å². The molecule has 0 saturated carbocycles. The van der Waals surface area contributed by atoms with Gasteiger partial charge in [-0.05, 0) is 74.1 Å². The summed E-state index contributed by atoms with van der Waals surface area (Å²) in [5, 5.41) is 0. The quantitative estimate of drug-likeness (QED) is 0.100. The van der Waals surface area contributed by atoms with Crippen LogP contribution in [0, 0.1) is 22.7 Å². The highest BCUT2D eigenvalue weighted by Gasteiger charge is 2.38. The lowest BCUT2D eigenvalue weighted by Crippen LogP contribution is -2.36. The fraction of sp³-hybridized carbons (Fsp3) is 0.821. The van der Waals surface area contributed by atoms with Crippen LogP contribution >= 0.6 is 0 Å². The van der Waals surface area contributed by atoms with Crippen LogP contribution in [0.1, 0.15) is 99.8 Å². The molecule has 214 valence electrons. The molecule has 0 fully saturated rings. The largest absolute Gasteiger partial charge is 0.468 e. The first-order valence-electron chi connectivity index (χ1n) is 13.4. The number of rotatable bonds is 19. The smallest absolute Gasteiger partial charge is 0.316 e. The summed E-state index contributed by atoms with van der Waals surface area (Å²) < 4.78 is 20.2. The number of hydrogen-bond acceptors (Lipinski definition) is 9. The number of Topliss-reactive ketones (excluding diaryl/α,β-unsaturated/α-hetero) is 1. The molecule has 0 bridgehead atoms. The van der Waals surface area contributed by atoms with Crippen molar-refractivity contribution in [3.8, 4) is 0 Å². The van der Waals surface area contributed by atoms with Gasteiger partial charge in [-0.2, -0.15) is 0 Å². The molecule has 0 spiro atoms. The average Bonchev–Trinajstić information content (AvgIpc) is 2.83. The molecule has 0 radical (unpaired) electrons. The maximum atomic E-state index is 13.4. The molecule has 0 aromatic heterocycles. The molecule has 0 aromatic rings. The summed E-state index contributed by atoms with van der Waals surface area (Å²) in [6.45, 7) is 13.1.